The Labute approximate surface area is 147 Å². The van der Waals surface area contributed by atoms with E-state index in [1.165, 1.54) is 6.08 Å². The van der Waals surface area contributed by atoms with Gasteiger partial charge in [-0.25, -0.2) is 4.79 Å². The van der Waals surface area contributed by atoms with Gasteiger partial charge < -0.3 is 19.2 Å². The lowest BCUT2D eigenvalue weighted by atomic mass is 9.91. The summed E-state index contributed by atoms with van der Waals surface area (Å²) in [6.07, 6.45) is 4.69. The van der Waals surface area contributed by atoms with Crippen molar-refractivity contribution in [2.75, 3.05) is 19.7 Å². The van der Waals surface area contributed by atoms with Crippen LogP contribution < -0.4 is 0 Å². The maximum Gasteiger partial charge on any atom is 0.338 e. The number of hydrogen-bond donors (Lipinski definition) is 1. The fourth-order valence-electron chi connectivity index (χ4n) is 3.20. The highest BCUT2D eigenvalue weighted by molar-refractivity contribution is 5.91. The second-order valence-corrected chi connectivity index (χ2v) is 6.97. The van der Waals surface area contributed by atoms with Crippen LogP contribution in [-0.2, 0) is 14.3 Å². The quantitative estimate of drug-likeness (QED) is 0.653. The van der Waals surface area contributed by atoms with Gasteiger partial charge in [0.15, 0.2) is 5.60 Å². The van der Waals surface area contributed by atoms with E-state index >= 15 is 0 Å². The van der Waals surface area contributed by atoms with Gasteiger partial charge >= 0.3 is 5.97 Å². The van der Waals surface area contributed by atoms with Crippen LogP contribution in [-0.4, -0.2) is 47.2 Å². The van der Waals surface area contributed by atoms with E-state index < -0.39 is 11.6 Å². The number of ether oxygens (including phenoxy) is 1. The van der Waals surface area contributed by atoms with E-state index in [0.29, 0.717) is 30.7 Å². The monoisotopic (exact) mass is 347 g/mol. The zero-order valence-corrected chi connectivity index (χ0v) is 14.7. The third-order valence-electron chi connectivity index (χ3n) is 5.07. The highest BCUT2D eigenvalue weighted by atomic mass is 16.5. The van der Waals surface area contributed by atoms with Crippen LogP contribution >= 0.6 is 0 Å². The summed E-state index contributed by atoms with van der Waals surface area (Å²) in [4.78, 5) is 25.7. The van der Waals surface area contributed by atoms with Crippen LogP contribution in [0.5, 0.6) is 0 Å². The van der Waals surface area contributed by atoms with Crippen molar-refractivity contribution >= 4 is 18.0 Å². The van der Waals surface area contributed by atoms with Crippen LogP contribution in [0.1, 0.15) is 50.5 Å². The molecule has 1 saturated carbocycles. The Balaban J connectivity index is 1.52. The molecule has 1 aromatic rings. The standard InChI is InChI=1S/C19H25NO5/c1-3-24-18(22)19(23)8-10-20(11-9-19)17(21)7-5-14-4-6-16(25-14)15-12-13(15)2/h4-7,13,15,23H,3,8-12H2,1-2H3. The number of aliphatic hydroxyl groups is 1. The zero-order chi connectivity index (χ0) is 18.0. The number of hydrogen-bond acceptors (Lipinski definition) is 5. The van der Waals surface area contributed by atoms with E-state index in [1.807, 2.05) is 12.1 Å². The van der Waals surface area contributed by atoms with Crippen molar-refractivity contribution in [3.63, 3.8) is 0 Å². The molecule has 1 N–H and O–H groups in total. The Kier molecular flexibility index (Phi) is 4.99. The fourth-order valence-corrected chi connectivity index (χ4v) is 3.20. The highest BCUT2D eigenvalue weighted by Gasteiger charge is 2.41. The van der Waals surface area contributed by atoms with Crippen molar-refractivity contribution in [1.29, 1.82) is 0 Å². The number of piperidine rings is 1. The Bertz CT molecular complexity index is 669. The van der Waals surface area contributed by atoms with Gasteiger partial charge in [-0.2, -0.15) is 0 Å². The maximum atomic E-state index is 12.3. The van der Waals surface area contributed by atoms with E-state index in [9.17, 15) is 14.7 Å². The van der Waals surface area contributed by atoms with E-state index in [1.54, 1.807) is 17.9 Å². The van der Waals surface area contributed by atoms with E-state index in [0.717, 1.165) is 12.2 Å². The maximum absolute atomic E-state index is 12.3. The van der Waals surface area contributed by atoms with Crippen molar-refractivity contribution in [3.05, 3.63) is 29.7 Å². The average Bonchev–Trinajstić information content (AvgIpc) is 3.14. The molecule has 1 aromatic heterocycles. The van der Waals surface area contributed by atoms with Gasteiger partial charge in [-0.15, -0.1) is 0 Å². The van der Waals surface area contributed by atoms with Crippen LogP contribution in [0.25, 0.3) is 6.08 Å². The van der Waals surface area contributed by atoms with Crippen molar-refractivity contribution in [3.8, 4) is 0 Å². The smallest absolute Gasteiger partial charge is 0.338 e. The molecule has 1 amide bonds. The molecule has 2 fully saturated rings. The van der Waals surface area contributed by atoms with Gasteiger partial charge in [-0.05, 0) is 37.5 Å². The number of furan rings is 1. The van der Waals surface area contributed by atoms with Crippen molar-refractivity contribution in [2.45, 2.75) is 44.6 Å². The van der Waals surface area contributed by atoms with Gasteiger partial charge in [-0.3, -0.25) is 4.79 Å². The molecule has 6 heteroatoms. The van der Waals surface area contributed by atoms with E-state index in [-0.39, 0.29) is 25.4 Å². The summed E-state index contributed by atoms with van der Waals surface area (Å²) in [6, 6.07) is 3.85. The summed E-state index contributed by atoms with van der Waals surface area (Å²) in [7, 11) is 0. The predicted octanol–water partition coefficient (Wildman–Crippen LogP) is 2.33. The van der Waals surface area contributed by atoms with Crippen molar-refractivity contribution in [1.82, 2.24) is 4.90 Å². The minimum atomic E-state index is -1.48. The van der Waals surface area contributed by atoms with Crippen LogP contribution in [0.4, 0.5) is 0 Å². The largest absolute Gasteiger partial charge is 0.464 e. The summed E-state index contributed by atoms with van der Waals surface area (Å²) < 4.78 is 10.6. The van der Waals surface area contributed by atoms with E-state index in [2.05, 4.69) is 6.92 Å². The lowest BCUT2D eigenvalue weighted by molar-refractivity contribution is -0.171. The second kappa shape index (κ2) is 7.04. The second-order valence-electron chi connectivity index (χ2n) is 6.97. The van der Waals surface area contributed by atoms with Crippen molar-refractivity contribution < 1.29 is 23.8 Å². The third-order valence-corrected chi connectivity index (χ3v) is 5.07. The number of esters is 1. The third kappa shape index (κ3) is 3.95. The first-order valence-electron chi connectivity index (χ1n) is 8.89. The molecule has 3 rings (SSSR count). The summed E-state index contributed by atoms with van der Waals surface area (Å²) in [5.41, 5.74) is -1.48. The molecule has 1 aliphatic carbocycles. The summed E-state index contributed by atoms with van der Waals surface area (Å²) in [6.45, 7) is 4.77. The minimum Gasteiger partial charge on any atom is -0.464 e. The Hall–Kier alpha value is -2.08. The van der Waals surface area contributed by atoms with Gasteiger partial charge in [0.25, 0.3) is 0 Å². The molecule has 25 heavy (non-hydrogen) atoms. The molecule has 2 atom stereocenters. The predicted molar refractivity (Wildman–Crippen MR) is 91.7 cm³/mol. The number of amides is 1. The minimum absolute atomic E-state index is 0.149. The first kappa shape index (κ1) is 17.7. The van der Waals surface area contributed by atoms with Crippen LogP contribution in [0.15, 0.2) is 22.6 Å². The van der Waals surface area contributed by atoms with Crippen molar-refractivity contribution in [2.24, 2.45) is 5.92 Å². The molecular weight excluding hydrogens is 322 g/mol. The summed E-state index contributed by atoms with van der Waals surface area (Å²) in [5, 5.41) is 10.3. The summed E-state index contributed by atoms with van der Waals surface area (Å²) >= 11 is 0. The Morgan fingerprint density at radius 3 is 2.68 bits per heavy atom. The lowest BCUT2D eigenvalue weighted by Crippen LogP contribution is -2.51. The summed E-state index contributed by atoms with van der Waals surface area (Å²) in [5.74, 6) is 2.09. The fraction of sp³-hybridized carbons (Fsp3) is 0.579. The molecule has 1 saturated heterocycles. The molecule has 0 radical (unpaired) electrons. The van der Waals surface area contributed by atoms with Gasteiger partial charge in [0, 0.05) is 37.9 Å². The molecule has 2 aliphatic rings. The first-order chi connectivity index (χ1) is 11.9. The molecule has 0 aromatic carbocycles. The molecular formula is C19H25NO5. The van der Waals surface area contributed by atoms with E-state index in [4.69, 9.17) is 9.15 Å². The average molecular weight is 347 g/mol. The van der Waals surface area contributed by atoms with Crippen LogP contribution in [0.2, 0.25) is 0 Å². The van der Waals surface area contributed by atoms with Gasteiger partial charge in [0.2, 0.25) is 5.91 Å². The number of carbonyl (C=O) groups excluding carboxylic acids is 2. The first-order valence-corrected chi connectivity index (χ1v) is 8.89. The topological polar surface area (TPSA) is 80.0 Å². The van der Waals surface area contributed by atoms with Crippen LogP contribution in [0.3, 0.4) is 0 Å². The van der Waals surface area contributed by atoms with Gasteiger partial charge in [0.1, 0.15) is 11.5 Å². The van der Waals surface area contributed by atoms with Gasteiger partial charge in [0.05, 0.1) is 6.61 Å². The molecule has 2 heterocycles. The normalized spacial score (nSPS) is 25.2. The van der Waals surface area contributed by atoms with Crippen LogP contribution in [0, 0.1) is 5.92 Å². The molecule has 0 spiro atoms. The number of rotatable bonds is 5. The zero-order valence-electron chi connectivity index (χ0n) is 14.7. The molecule has 2 unspecified atom stereocenters. The molecule has 1 aliphatic heterocycles. The highest BCUT2D eigenvalue weighted by Crippen LogP contribution is 2.47. The Morgan fingerprint density at radius 2 is 2.08 bits per heavy atom. The molecule has 136 valence electrons. The lowest BCUT2D eigenvalue weighted by Gasteiger charge is -2.35. The SMILES string of the molecule is CCOC(=O)C1(O)CCN(C(=O)C=Cc2ccc(C3CC3C)o2)CC1. The molecule has 6 nitrogen and oxygen atoms in total. The number of carbonyl (C=O) groups is 2. The van der Waals surface area contributed by atoms with Gasteiger partial charge in [-0.1, -0.05) is 6.92 Å². The molecule has 0 bridgehead atoms. The number of nitrogens with zero attached hydrogens (tertiary/aromatic N) is 1. The Morgan fingerprint density at radius 1 is 1.40 bits per heavy atom. The number of likely N-dealkylation sites (tertiary alicyclic amines) is 1.